The number of aromatic amines is 2. The predicted octanol–water partition coefficient (Wildman–Crippen LogP) is 4.34. The highest BCUT2D eigenvalue weighted by molar-refractivity contribution is 5.72. The van der Waals surface area contributed by atoms with E-state index in [4.69, 9.17) is 0 Å². The van der Waals surface area contributed by atoms with Crippen LogP contribution in [0.25, 0.3) is 16.9 Å². The summed E-state index contributed by atoms with van der Waals surface area (Å²) >= 11 is 0. The van der Waals surface area contributed by atoms with E-state index in [1.807, 2.05) is 37.3 Å². The summed E-state index contributed by atoms with van der Waals surface area (Å²) in [7, 11) is 0. The van der Waals surface area contributed by atoms with Gasteiger partial charge in [-0.3, -0.25) is 10.2 Å². The molecule has 28 heavy (non-hydrogen) atoms. The van der Waals surface area contributed by atoms with E-state index in [-0.39, 0.29) is 11.2 Å². The largest absolute Gasteiger partial charge is 0.277 e. The summed E-state index contributed by atoms with van der Waals surface area (Å²) in [6.07, 6.45) is 0. The van der Waals surface area contributed by atoms with Crippen molar-refractivity contribution in [3.63, 3.8) is 0 Å². The zero-order valence-electron chi connectivity index (χ0n) is 16.0. The first-order valence-corrected chi connectivity index (χ1v) is 8.80. The van der Waals surface area contributed by atoms with Gasteiger partial charge >= 0.3 is 0 Å². The van der Waals surface area contributed by atoms with E-state index in [2.05, 4.69) is 62.4 Å². The van der Waals surface area contributed by atoms with Crippen molar-refractivity contribution in [2.24, 2.45) is 10.2 Å². The minimum absolute atomic E-state index is 0.219. The Morgan fingerprint density at radius 3 is 2.57 bits per heavy atom. The van der Waals surface area contributed by atoms with Crippen LogP contribution in [0, 0.1) is 18.3 Å². The highest BCUT2D eigenvalue weighted by Crippen LogP contribution is 2.35. The first-order valence-electron chi connectivity index (χ1n) is 8.80. The van der Waals surface area contributed by atoms with Crippen molar-refractivity contribution in [2.45, 2.75) is 33.1 Å². The molecule has 0 amide bonds. The molecule has 0 saturated heterocycles. The fraction of sp³-hybridized carbons (Fsp3) is 0.263. The molecule has 1 aromatic carbocycles. The molecular formula is C19H19N9. The van der Waals surface area contributed by atoms with Gasteiger partial charge in [0.05, 0.1) is 11.4 Å². The van der Waals surface area contributed by atoms with E-state index in [1.54, 1.807) is 4.63 Å². The van der Waals surface area contributed by atoms with E-state index in [0.29, 0.717) is 28.4 Å². The lowest BCUT2D eigenvalue weighted by Crippen LogP contribution is -2.12. The van der Waals surface area contributed by atoms with Crippen LogP contribution in [-0.4, -0.2) is 30.0 Å². The van der Waals surface area contributed by atoms with E-state index in [1.165, 1.54) is 0 Å². The van der Waals surface area contributed by atoms with Crippen molar-refractivity contribution in [1.29, 1.82) is 5.26 Å². The molecule has 0 radical (unpaired) electrons. The van der Waals surface area contributed by atoms with E-state index < -0.39 is 0 Å². The van der Waals surface area contributed by atoms with Crippen molar-refractivity contribution in [2.75, 3.05) is 0 Å². The van der Waals surface area contributed by atoms with E-state index in [0.717, 1.165) is 11.3 Å². The minimum atomic E-state index is -0.219. The third-order valence-corrected chi connectivity index (χ3v) is 4.30. The van der Waals surface area contributed by atoms with Crippen LogP contribution < -0.4 is 0 Å². The minimum Gasteiger partial charge on any atom is -0.277 e. The lowest BCUT2D eigenvalue weighted by atomic mass is 9.91. The van der Waals surface area contributed by atoms with Gasteiger partial charge in [-0.2, -0.15) is 15.0 Å². The number of nitrogens with zero attached hydrogens (tertiary/aromatic N) is 7. The molecule has 0 unspecified atom stereocenters. The number of nitriles is 1. The Morgan fingerprint density at radius 1 is 1.14 bits per heavy atom. The fourth-order valence-corrected chi connectivity index (χ4v) is 2.96. The van der Waals surface area contributed by atoms with Gasteiger partial charge in [0.2, 0.25) is 11.5 Å². The van der Waals surface area contributed by atoms with Crippen molar-refractivity contribution in [1.82, 2.24) is 30.0 Å². The van der Waals surface area contributed by atoms with Crippen LogP contribution in [0.15, 0.2) is 40.6 Å². The van der Waals surface area contributed by atoms with Crippen LogP contribution in [0.5, 0.6) is 0 Å². The van der Waals surface area contributed by atoms with Gasteiger partial charge in [-0.1, -0.05) is 51.1 Å². The van der Waals surface area contributed by atoms with Crippen LogP contribution in [0.1, 0.15) is 37.9 Å². The van der Waals surface area contributed by atoms with Gasteiger partial charge in [0.1, 0.15) is 17.5 Å². The van der Waals surface area contributed by atoms with Crippen LogP contribution in [-0.2, 0) is 5.41 Å². The van der Waals surface area contributed by atoms with E-state index in [9.17, 15) is 5.26 Å². The highest BCUT2D eigenvalue weighted by atomic mass is 15.5. The molecule has 0 bridgehead atoms. The molecule has 0 fully saturated rings. The zero-order valence-corrected chi connectivity index (χ0v) is 16.0. The third kappa shape index (κ3) is 2.95. The number of azo groups is 1. The molecule has 3 heterocycles. The molecule has 0 spiro atoms. The predicted molar refractivity (Wildman–Crippen MR) is 104 cm³/mol. The molecular weight excluding hydrogens is 354 g/mol. The van der Waals surface area contributed by atoms with Crippen molar-refractivity contribution in [3.8, 4) is 17.3 Å². The summed E-state index contributed by atoms with van der Waals surface area (Å²) in [6.45, 7) is 8.00. The molecule has 0 aliphatic carbocycles. The molecule has 0 saturated carbocycles. The first-order chi connectivity index (χ1) is 13.4. The number of aromatic nitrogens is 6. The van der Waals surface area contributed by atoms with Crippen molar-refractivity contribution < 1.29 is 0 Å². The fourth-order valence-electron chi connectivity index (χ4n) is 2.96. The Kier molecular flexibility index (Phi) is 4.04. The summed E-state index contributed by atoms with van der Waals surface area (Å²) in [5.41, 5.74) is 3.62. The van der Waals surface area contributed by atoms with Gasteiger partial charge in [-0.15, -0.1) is 15.3 Å². The average molecular weight is 373 g/mol. The molecule has 0 atom stereocenters. The van der Waals surface area contributed by atoms with Gasteiger partial charge in [-0.05, 0) is 6.92 Å². The lowest BCUT2D eigenvalue weighted by Gasteiger charge is -2.16. The number of H-pyrrole nitrogens is 2. The number of nitrogens with one attached hydrogen (secondary N) is 2. The van der Waals surface area contributed by atoms with Crippen molar-refractivity contribution in [3.05, 3.63) is 47.4 Å². The summed E-state index contributed by atoms with van der Waals surface area (Å²) in [6, 6.07) is 11.7. The van der Waals surface area contributed by atoms with Crippen LogP contribution in [0.2, 0.25) is 0 Å². The molecule has 3 aromatic heterocycles. The quantitative estimate of drug-likeness (QED) is 0.518. The Balaban J connectivity index is 1.81. The maximum atomic E-state index is 9.62. The first kappa shape index (κ1) is 17.6. The van der Waals surface area contributed by atoms with Gasteiger partial charge in [0, 0.05) is 11.0 Å². The SMILES string of the molecule is Cc1nc2c(N=Nc3n[nH]c(-c4ccccc4)c3C#N)c(C(C)(C)C)[nH]n2n1. The maximum Gasteiger partial charge on any atom is 0.213 e. The Labute approximate surface area is 161 Å². The van der Waals surface area contributed by atoms with Gasteiger partial charge in [0.25, 0.3) is 0 Å². The highest BCUT2D eigenvalue weighted by Gasteiger charge is 2.25. The summed E-state index contributed by atoms with van der Waals surface area (Å²) in [5.74, 6) is 0.865. The van der Waals surface area contributed by atoms with Crippen LogP contribution in [0.4, 0.5) is 11.5 Å². The zero-order chi connectivity index (χ0) is 19.9. The molecule has 140 valence electrons. The van der Waals surface area contributed by atoms with Crippen LogP contribution in [0.3, 0.4) is 0 Å². The Morgan fingerprint density at radius 2 is 1.89 bits per heavy atom. The standard InChI is InChI=1S/C19H19N9/c1-11-21-18-15(16(19(2,3)4)27-28(18)26-11)23-25-17-13(10-20)14(22-24-17)12-8-6-5-7-9-12/h5-9,27H,1-4H3,(H,22,24). The van der Waals surface area contributed by atoms with Gasteiger partial charge < -0.3 is 0 Å². The molecule has 0 aliphatic heterocycles. The van der Waals surface area contributed by atoms with Crippen LogP contribution >= 0.6 is 0 Å². The number of fused-ring (bicyclic) bond motifs is 1. The normalized spacial score (nSPS) is 12.1. The number of benzene rings is 1. The average Bonchev–Trinajstić information content (AvgIpc) is 3.32. The summed E-state index contributed by atoms with van der Waals surface area (Å²) in [4.78, 5) is 4.43. The topological polar surface area (TPSA) is 123 Å². The van der Waals surface area contributed by atoms with E-state index >= 15 is 0 Å². The molecule has 0 aliphatic rings. The second-order valence-corrected chi connectivity index (χ2v) is 7.45. The molecule has 9 nitrogen and oxygen atoms in total. The van der Waals surface area contributed by atoms with Crippen molar-refractivity contribution >= 4 is 17.2 Å². The second-order valence-electron chi connectivity index (χ2n) is 7.45. The number of aryl methyl sites for hydroxylation is 1. The smallest absolute Gasteiger partial charge is 0.213 e. The maximum absolute atomic E-state index is 9.62. The molecule has 4 aromatic rings. The monoisotopic (exact) mass is 373 g/mol. The Bertz CT molecular complexity index is 1210. The summed E-state index contributed by atoms with van der Waals surface area (Å²) in [5, 5.41) is 32.9. The molecule has 2 N–H and O–H groups in total. The van der Waals surface area contributed by atoms with Gasteiger partial charge in [0.15, 0.2) is 5.69 Å². The number of hydrogen-bond donors (Lipinski definition) is 2. The summed E-state index contributed by atoms with van der Waals surface area (Å²) < 4.78 is 1.59. The number of rotatable bonds is 3. The second kappa shape index (κ2) is 6.42. The Hall–Kier alpha value is -3.80. The lowest BCUT2D eigenvalue weighted by molar-refractivity contribution is 0.557. The molecule has 4 rings (SSSR count). The van der Waals surface area contributed by atoms with Gasteiger partial charge in [-0.25, -0.2) is 4.98 Å². The number of hydrogen-bond acceptors (Lipinski definition) is 6. The molecule has 9 heteroatoms. The third-order valence-electron chi connectivity index (χ3n) is 4.30.